The first-order valence-corrected chi connectivity index (χ1v) is 4.05. The lowest BCUT2D eigenvalue weighted by Gasteiger charge is -2.05. The van der Waals surface area contributed by atoms with Gasteiger partial charge in [0.25, 0.3) is 0 Å². The molecule has 0 radical (unpaired) electrons. The van der Waals surface area contributed by atoms with Gasteiger partial charge in [-0.3, -0.25) is 5.43 Å². The molecule has 0 saturated carbocycles. The van der Waals surface area contributed by atoms with E-state index in [1.54, 1.807) is 30.6 Å². The predicted molar refractivity (Wildman–Crippen MR) is 50.4 cm³/mol. The minimum absolute atomic E-state index is 0. The first kappa shape index (κ1) is 11.9. The summed E-state index contributed by atoms with van der Waals surface area (Å²) in [5.74, 6) is 0. The van der Waals surface area contributed by atoms with E-state index in [2.05, 4.69) is 15.5 Å². The normalized spacial score (nSPS) is 9.40. The number of hydrogen-bond donors (Lipinski definition) is 2. The highest BCUT2D eigenvalue weighted by molar-refractivity contribution is 5.47. The molecule has 15 heavy (non-hydrogen) atoms. The maximum absolute atomic E-state index is 10.4. The largest absolute Gasteiger partial charge is 1.00 e. The van der Waals surface area contributed by atoms with Gasteiger partial charge < -0.3 is 34.7 Å². The molecule has 0 amide bonds. The van der Waals surface area contributed by atoms with Crippen LogP contribution in [0.4, 0.5) is 11.4 Å². The average Bonchev–Trinajstić information content (AvgIpc) is 2.72. The minimum Gasteiger partial charge on any atom is -1.00 e. The second-order valence-electron chi connectivity index (χ2n) is 2.69. The van der Waals surface area contributed by atoms with Crippen molar-refractivity contribution in [1.29, 1.82) is 0 Å². The molecule has 1 aromatic carbocycles. The summed E-state index contributed by atoms with van der Waals surface area (Å²) in [6, 6.07) is 7.05. The average molecular weight is 318 g/mol. The Morgan fingerprint density at radius 3 is 2.53 bits per heavy atom. The number of aromatic nitrogens is 3. The number of halogens is 1. The highest BCUT2D eigenvalue weighted by Crippen LogP contribution is 2.09. The van der Waals surface area contributed by atoms with E-state index in [1.165, 1.54) is 11.1 Å². The van der Waals surface area contributed by atoms with Crippen LogP contribution in [0.3, 0.4) is 0 Å². The summed E-state index contributed by atoms with van der Waals surface area (Å²) in [5.41, 5.74) is 5.26. The first-order valence-electron chi connectivity index (χ1n) is 4.05. The van der Waals surface area contributed by atoms with Crippen LogP contribution in [0.1, 0.15) is 0 Å². The van der Waals surface area contributed by atoms with Crippen molar-refractivity contribution in [2.24, 2.45) is 0 Å². The summed E-state index contributed by atoms with van der Waals surface area (Å²) in [5, 5.41) is 14.3. The van der Waals surface area contributed by atoms with Gasteiger partial charge in [-0.05, 0) is 12.1 Å². The fourth-order valence-corrected chi connectivity index (χ4v) is 1.03. The molecule has 80 valence electrons. The van der Waals surface area contributed by atoms with Crippen molar-refractivity contribution in [1.82, 2.24) is 14.9 Å². The van der Waals surface area contributed by atoms with Gasteiger partial charge in [-0.2, -0.15) is 4.79 Å². The van der Waals surface area contributed by atoms with Gasteiger partial charge in [0.15, 0.2) is 0 Å². The zero-order valence-electron chi connectivity index (χ0n) is 7.67. The van der Waals surface area contributed by atoms with Crippen LogP contribution < -0.4 is 34.9 Å². The molecule has 0 atom stereocenters. The SMILES string of the molecule is [I-].[O-][NH2+]c1ccc(Nn2cncn2)cc1. The summed E-state index contributed by atoms with van der Waals surface area (Å²) in [6.45, 7) is 0. The van der Waals surface area contributed by atoms with Gasteiger partial charge in [0.1, 0.15) is 18.3 Å². The Hall–Kier alpha value is -1.19. The Bertz CT molecular complexity index is 388. The standard InChI is InChI=1S/C8H9N5O.HI/c14-12-8-3-1-7(2-4-8)11-13-6-9-5-10-13;/h1-6,11H,12H2;1H/p-1. The molecule has 1 heterocycles. The van der Waals surface area contributed by atoms with Crippen molar-refractivity contribution in [3.63, 3.8) is 0 Å². The fraction of sp³-hybridized carbons (Fsp3) is 0. The summed E-state index contributed by atoms with van der Waals surface area (Å²) in [4.78, 5) is 5.27. The molecule has 2 rings (SSSR count). The summed E-state index contributed by atoms with van der Waals surface area (Å²) >= 11 is 0. The smallest absolute Gasteiger partial charge is 0.139 e. The number of anilines is 1. The molecule has 0 bridgehead atoms. The van der Waals surface area contributed by atoms with Crippen LogP contribution in [0.15, 0.2) is 36.9 Å². The molecule has 0 aliphatic heterocycles. The Morgan fingerprint density at radius 1 is 1.27 bits per heavy atom. The van der Waals surface area contributed by atoms with E-state index in [9.17, 15) is 5.21 Å². The van der Waals surface area contributed by atoms with E-state index in [-0.39, 0.29) is 24.0 Å². The van der Waals surface area contributed by atoms with Gasteiger partial charge in [-0.25, -0.2) is 4.98 Å². The van der Waals surface area contributed by atoms with Gasteiger partial charge in [-0.15, -0.1) is 5.10 Å². The van der Waals surface area contributed by atoms with Gasteiger partial charge in [0.2, 0.25) is 0 Å². The lowest BCUT2D eigenvalue weighted by atomic mass is 10.3. The third kappa shape index (κ3) is 3.15. The molecule has 1 aromatic heterocycles. The second-order valence-corrected chi connectivity index (χ2v) is 2.69. The van der Waals surface area contributed by atoms with Gasteiger partial charge >= 0.3 is 0 Å². The first-order chi connectivity index (χ1) is 6.88. The molecule has 7 heteroatoms. The number of benzene rings is 1. The number of hydrogen-bond acceptors (Lipinski definition) is 4. The van der Waals surface area contributed by atoms with Crippen molar-refractivity contribution >= 4 is 11.4 Å². The molecule has 0 fully saturated rings. The van der Waals surface area contributed by atoms with Crippen LogP contribution in [0.25, 0.3) is 0 Å². The van der Waals surface area contributed by atoms with E-state index in [1.807, 2.05) is 0 Å². The lowest BCUT2D eigenvalue weighted by Crippen LogP contribution is -3.00. The van der Waals surface area contributed by atoms with Crippen LogP contribution in [-0.4, -0.2) is 14.9 Å². The van der Waals surface area contributed by atoms with Gasteiger partial charge in [0.05, 0.1) is 5.69 Å². The van der Waals surface area contributed by atoms with E-state index in [4.69, 9.17) is 0 Å². The molecule has 0 aliphatic carbocycles. The topological polar surface area (TPSA) is 82.4 Å². The zero-order valence-corrected chi connectivity index (χ0v) is 9.83. The molecule has 6 nitrogen and oxygen atoms in total. The van der Waals surface area contributed by atoms with Crippen molar-refractivity contribution in [3.05, 3.63) is 42.1 Å². The second kappa shape index (κ2) is 5.63. The van der Waals surface area contributed by atoms with Crippen LogP contribution in [0.5, 0.6) is 0 Å². The van der Waals surface area contributed by atoms with Crippen LogP contribution in [0.2, 0.25) is 0 Å². The maximum atomic E-state index is 10.4. The van der Waals surface area contributed by atoms with Crippen molar-refractivity contribution in [2.45, 2.75) is 0 Å². The highest BCUT2D eigenvalue weighted by Gasteiger charge is 1.94. The Labute approximate surface area is 103 Å². The van der Waals surface area contributed by atoms with Crippen molar-refractivity contribution in [2.75, 3.05) is 5.43 Å². The number of nitrogens with zero attached hydrogens (tertiary/aromatic N) is 3. The molecule has 0 aliphatic rings. The predicted octanol–water partition coefficient (Wildman–Crippen LogP) is -3.15. The molecule has 3 N–H and O–H groups in total. The van der Waals surface area contributed by atoms with Crippen LogP contribution in [-0.2, 0) is 0 Å². The number of quaternary nitrogens is 1. The number of nitrogens with two attached hydrogens (primary N) is 1. The van der Waals surface area contributed by atoms with E-state index < -0.39 is 0 Å². The van der Waals surface area contributed by atoms with Gasteiger partial charge in [0, 0.05) is 12.1 Å². The highest BCUT2D eigenvalue weighted by atomic mass is 127. The molecule has 0 spiro atoms. The minimum atomic E-state index is 0. The van der Waals surface area contributed by atoms with Crippen molar-refractivity contribution in [3.8, 4) is 0 Å². The van der Waals surface area contributed by atoms with E-state index in [0.717, 1.165) is 11.2 Å². The number of rotatable bonds is 3. The fourth-order valence-electron chi connectivity index (χ4n) is 1.03. The summed E-state index contributed by atoms with van der Waals surface area (Å²) in [7, 11) is 0. The lowest BCUT2D eigenvalue weighted by molar-refractivity contribution is -0.497. The molecular weight excluding hydrogens is 309 g/mol. The molecule has 0 saturated heterocycles. The molecule has 0 unspecified atom stereocenters. The van der Waals surface area contributed by atoms with E-state index in [0.29, 0.717) is 5.69 Å². The third-order valence-corrected chi connectivity index (χ3v) is 1.71. The Morgan fingerprint density at radius 2 is 2.00 bits per heavy atom. The van der Waals surface area contributed by atoms with Gasteiger partial charge in [-0.1, -0.05) is 0 Å². The molecular formula is C8H9IN5O-. The summed E-state index contributed by atoms with van der Waals surface area (Å²) < 4.78 is 0. The third-order valence-electron chi connectivity index (χ3n) is 1.71. The Balaban J connectivity index is 0.00000112. The molecule has 2 aromatic rings. The van der Waals surface area contributed by atoms with E-state index >= 15 is 0 Å². The Kier molecular flexibility index (Phi) is 4.46. The van der Waals surface area contributed by atoms with Crippen LogP contribution >= 0.6 is 0 Å². The summed E-state index contributed by atoms with van der Waals surface area (Å²) in [6.07, 6.45) is 2.99. The quantitative estimate of drug-likeness (QED) is 0.356. The monoisotopic (exact) mass is 318 g/mol. The number of nitrogens with one attached hydrogen (secondary N) is 1. The van der Waals surface area contributed by atoms with Crippen LogP contribution in [0, 0.1) is 5.21 Å². The van der Waals surface area contributed by atoms with Crippen molar-refractivity contribution < 1.29 is 29.5 Å². The zero-order chi connectivity index (χ0) is 9.80. The maximum Gasteiger partial charge on any atom is 0.139 e.